The highest BCUT2D eigenvalue weighted by Crippen LogP contribution is 2.31. The van der Waals surface area contributed by atoms with Crippen molar-refractivity contribution in [2.45, 2.75) is 52.5 Å². The summed E-state index contributed by atoms with van der Waals surface area (Å²) in [5.74, 6) is 0.381. The number of nitrogens with two attached hydrogens (primary N) is 1. The van der Waals surface area contributed by atoms with E-state index in [1.807, 2.05) is 25.7 Å². The normalized spacial score (nSPS) is 16.1. The van der Waals surface area contributed by atoms with E-state index in [0.29, 0.717) is 17.2 Å². The fourth-order valence-corrected chi connectivity index (χ4v) is 3.74. The van der Waals surface area contributed by atoms with Gasteiger partial charge in [0.2, 0.25) is 0 Å². The fourth-order valence-electron chi connectivity index (χ4n) is 2.74. The number of hydrogen-bond donors (Lipinski definition) is 1. The summed E-state index contributed by atoms with van der Waals surface area (Å²) in [6.07, 6.45) is 4.94. The molecule has 0 saturated carbocycles. The highest BCUT2D eigenvalue weighted by atomic mass is 32.1. The first kappa shape index (κ1) is 16.1. The van der Waals surface area contributed by atoms with Crippen molar-refractivity contribution in [1.82, 2.24) is 9.88 Å². The van der Waals surface area contributed by atoms with Crippen molar-refractivity contribution in [3.8, 4) is 0 Å². The number of hydrogen-bond acceptors (Lipinski definition) is 5. The van der Waals surface area contributed by atoms with Crippen LogP contribution in [-0.4, -0.2) is 41.5 Å². The Hall–Kier alpha value is -1.30. The third-order valence-corrected chi connectivity index (χ3v) is 5.06. The second-order valence-electron chi connectivity index (χ2n) is 5.80. The molecule has 0 unspecified atom stereocenters. The Balaban J connectivity index is 2.20. The first-order valence-electron chi connectivity index (χ1n) is 7.86. The zero-order chi connectivity index (χ0) is 15.4. The van der Waals surface area contributed by atoms with Gasteiger partial charge in [0.05, 0.1) is 0 Å². The molecule has 0 radical (unpaired) electrons. The molecule has 2 heterocycles. The highest BCUT2D eigenvalue weighted by Gasteiger charge is 2.24. The first-order chi connectivity index (χ1) is 10.0. The molecule has 5 nitrogen and oxygen atoms in total. The van der Waals surface area contributed by atoms with Crippen LogP contribution in [0.15, 0.2) is 0 Å². The molecule has 1 aromatic rings. The van der Waals surface area contributed by atoms with Crippen molar-refractivity contribution in [3.05, 3.63) is 4.88 Å². The standard InChI is InChI=1S/C15H26N4OS/c1-4-19(11(2)3)14(20)12-13(16)17-15(21-12)18-9-7-5-6-8-10-18/h11H,4-10,16H2,1-3H3. The quantitative estimate of drug-likeness (QED) is 0.928. The Kier molecular flexibility index (Phi) is 5.45. The predicted molar refractivity (Wildman–Crippen MR) is 89.1 cm³/mol. The van der Waals surface area contributed by atoms with E-state index in [2.05, 4.69) is 9.88 Å². The maximum absolute atomic E-state index is 12.6. The van der Waals surface area contributed by atoms with Gasteiger partial charge < -0.3 is 15.5 Å². The summed E-state index contributed by atoms with van der Waals surface area (Å²) in [5, 5.41) is 0.901. The summed E-state index contributed by atoms with van der Waals surface area (Å²) in [5.41, 5.74) is 6.01. The number of anilines is 2. The molecule has 2 rings (SSSR count). The average molecular weight is 310 g/mol. The largest absolute Gasteiger partial charge is 0.382 e. The zero-order valence-electron chi connectivity index (χ0n) is 13.3. The van der Waals surface area contributed by atoms with Gasteiger partial charge in [-0.25, -0.2) is 4.98 Å². The van der Waals surface area contributed by atoms with Crippen LogP contribution >= 0.6 is 11.3 Å². The van der Waals surface area contributed by atoms with E-state index in [0.717, 1.165) is 18.2 Å². The van der Waals surface area contributed by atoms with E-state index >= 15 is 0 Å². The summed E-state index contributed by atoms with van der Waals surface area (Å²) < 4.78 is 0. The number of aromatic nitrogens is 1. The number of nitrogens with zero attached hydrogens (tertiary/aromatic N) is 3. The SMILES string of the molecule is CCN(C(=O)c1sc(N2CCCCCC2)nc1N)C(C)C. The van der Waals surface area contributed by atoms with E-state index in [9.17, 15) is 4.79 Å². The van der Waals surface area contributed by atoms with Crippen LogP contribution in [0.1, 0.15) is 56.1 Å². The van der Waals surface area contributed by atoms with Gasteiger partial charge in [-0.2, -0.15) is 0 Å². The van der Waals surface area contributed by atoms with Crippen LogP contribution in [0.5, 0.6) is 0 Å². The third kappa shape index (κ3) is 3.67. The fraction of sp³-hybridized carbons (Fsp3) is 0.733. The Bertz CT molecular complexity index is 478. The summed E-state index contributed by atoms with van der Waals surface area (Å²) in [7, 11) is 0. The van der Waals surface area contributed by atoms with Gasteiger partial charge in [0, 0.05) is 25.7 Å². The topological polar surface area (TPSA) is 62.5 Å². The number of nitrogen functional groups attached to an aromatic ring is 1. The van der Waals surface area contributed by atoms with Crippen LogP contribution in [-0.2, 0) is 0 Å². The predicted octanol–water partition coefficient (Wildman–Crippen LogP) is 2.98. The van der Waals surface area contributed by atoms with Gasteiger partial charge in [-0.3, -0.25) is 4.79 Å². The van der Waals surface area contributed by atoms with Gasteiger partial charge in [0.25, 0.3) is 5.91 Å². The summed E-state index contributed by atoms with van der Waals surface area (Å²) >= 11 is 1.44. The van der Waals surface area contributed by atoms with Crippen molar-refractivity contribution in [3.63, 3.8) is 0 Å². The number of rotatable bonds is 4. The molecule has 0 spiro atoms. The monoisotopic (exact) mass is 310 g/mol. The second-order valence-corrected chi connectivity index (χ2v) is 6.77. The molecule has 21 heavy (non-hydrogen) atoms. The molecule has 1 aromatic heterocycles. The Morgan fingerprint density at radius 1 is 1.33 bits per heavy atom. The number of carbonyl (C=O) groups is 1. The summed E-state index contributed by atoms with van der Waals surface area (Å²) in [6, 6.07) is 0.172. The molecule has 1 amide bonds. The Morgan fingerprint density at radius 3 is 2.48 bits per heavy atom. The Labute approximate surface area is 131 Å². The smallest absolute Gasteiger partial charge is 0.268 e. The first-order valence-corrected chi connectivity index (χ1v) is 8.68. The van der Waals surface area contributed by atoms with Gasteiger partial charge in [0.15, 0.2) is 5.13 Å². The lowest BCUT2D eigenvalue weighted by Gasteiger charge is -2.24. The molecule has 1 saturated heterocycles. The maximum atomic E-state index is 12.6. The van der Waals surface area contributed by atoms with E-state index in [4.69, 9.17) is 5.73 Å². The van der Waals surface area contributed by atoms with Gasteiger partial charge in [-0.15, -0.1) is 0 Å². The molecular formula is C15H26N4OS. The van der Waals surface area contributed by atoms with Gasteiger partial charge in [0.1, 0.15) is 10.7 Å². The average Bonchev–Trinajstić information content (AvgIpc) is 2.65. The number of amides is 1. The zero-order valence-corrected chi connectivity index (χ0v) is 14.1. The van der Waals surface area contributed by atoms with Crippen molar-refractivity contribution >= 4 is 28.2 Å². The molecule has 1 aliphatic rings. The number of carbonyl (C=O) groups excluding carboxylic acids is 1. The molecule has 118 valence electrons. The highest BCUT2D eigenvalue weighted by molar-refractivity contribution is 7.18. The number of thiazole rings is 1. The Morgan fingerprint density at radius 2 is 1.95 bits per heavy atom. The second kappa shape index (κ2) is 7.11. The minimum Gasteiger partial charge on any atom is -0.382 e. The van der Waals surface area contributed by atoms with Gasteiger partial charge >= 0.3 is 0 Å². The van der Waals surface area contributed by atoms with Crippen LogP contribution in [0.4, 0.5) is 10.9 Å². The molecule has 6 heteroatoms. The molecule has 0 bridgehead atoms. The minimum absolute atomic E-state index is 0.00331. The van der Waals surface area contributed by atoms with Crippen LogP contribution in [0.25, 0.3) is 0 Å². The van der Waals surface area contributed by atoms with E-state index in [1.165, 1.54) is 37.0 Å². The van der Waals surface area contributed by atoms with Crippen molar-refractivity contribution < 1.29 is 4.79 Å². The van der Waals surface area contributed by atoms with E-state index in [1.54, 1.807) is 0 Å². The van der Waals surface area contributed by atoms with Gasteiger partial charge in [-0.1, -0.05) is 24.2 Å². The molecule has 1 aliphatic heterocycles. The minimum atomic E-state index is 0.00331. The molecule has 0 atom stereocenters. The summed E-state index contributed by atoms with van der Waals surface area (Å²) in [4.78, 5) is 21.7. The maximum Gasteiger partial charge on any atom is 0.268 e. The van der Waals surface area contributed by atoms with Crippen LogP contribution < -0.4 is 10.6 Å². The lowest BCUT2D eigenvalue weighted by Crippen LogP contribution is -2.36. The van der Waals surface area contributed by atoms with Crippen LogP contribution in [0.3, 0.4) is 0 Å². The van der Waals surface area contributed by atoms with Crippen LogP contribution in [0.2, 0.25) is 0 Å². The van der Waals surface area contributed by atoms with Crippen molar-refractivity contribution in [2.75, 3.05) is 30.3 Å². The van der Waals surface area contributed by atoms with Crippen molar-refractivity contribution in [1.29, 1.82) is 0 Å². The molecular weight excluding hydrogens is 284 g/mol. The molecule has 2 N–H and O–H groups in total. The lowest BCUT2D eigenvalue weighted by molar-refractivity contribution is 0.0722. The lowest BCUT2D eigenvalue weighted by atomic mass is 10.2. The molecule has 1 fully saturated rings. The van der Waals surface area contributed by atoms with Gasteiger partial charge in [-0.05, 0) is 33.6 Å². The summed E-state index contributed by atoms with van der Waals surface area (Å²) in [6.45, 7) is 8.75. The van der Waals surface area contributed by atoms with E-state index < -0.39 is 0 Å². The van der Waals surface area contributed by atoms with Crippen LogP contribution in [0, 0.1) is 0 Å². The molecule has 0 aliphatic carbocycles. The third-order valence-electron chi connectivity index (χ3n) is 3.94. The van der Waals surface area contributed by atoms with Crippen molar-refractivity contribution in [2.24, 2.45) is 0 Å². The molecule has 0 aromatic carbocycles. The van der Waals surface area contributed by atoms with E-state index in [-0.39, 0.29) is 11.9 Å².